The maximum atomic E-state index is 12.3. The topological polar surface area (TPSA) is 83.6 Å². The lowest BCUT2D eigenvalue weighted by atomic mass is 10.0. The van der Waals surface area contributed by atoms with Crippen molar-refractivity contribution in [1.29, 1.82) is 0 Å². The van der Waals surface area contributed by atoms with Gasteiger partial charge in [0.2, 0.25) is 5.91 Å². The van der Waals surface area contributed by atoms with Gasteiger partial charge in [-0.3, -0.25) is 9.59 Å². The Morgan fingerprint density at radius 3 is 2.39 bits per heavy atom. The summed E-state index contributed by atoms with van der Waals surface area (Å²) in [6.07, 6.45) is 0. The normalized spacial score (nSPS) is 18.3. The minimum Gasteiger partial charge on any atom is -0.341 e. The highest BCUT2D eigenvalue weighted by Gasteiger charge is 2.28. The molecule has 1 fully saturated rings. The summed E-state index contributed by atoms with van der Waals surface area (Å²) in [5.74, 6) is -0.581. The van der Waals surface area contributed by atoms with E-state index >= 15 is 0 Å². The first kappa shape index (κ1) is 17.5. The molecule has 2 rings (SSSR count). The van der Waals surface area contributed by atoms with Crippen LogP contribution in [0.25, 0.3) is 0 Å². The molecular weight excluding hydrogens is 316 g/mol. The van der Waals surface area contributed by atoms with Gasteiger partial charge in [-0.1, -0.05) is 12.1 Å². The van der Waals surface area contributed by atoms with Gasteiger partial charge in [-0.25, -0.2) is 8.42 Å². The number of rotatable bonds is 3. The summed E-state index contributed by atoms with van der Waals surface area (Å²) in [4.78, 5) is 26.2. The lowest BCUT2D eigenvalue weighted by Gasteiger charge is -2.29. The Bertz CT molecular complexity index is 714. The number of amides is 2. The van der Waals surface area contributed by atoms with Crippen LogP contribution in [0.2, 0.25) is 0 Å². The second-order valence-corrected chi connectivity index (χ2v) is 8.22. The first-order valence-corrected chi connectivity index (χ1v) is 9.40. The van der Waals surface area contributed by atoms with Gasteiger partial charge in [0.25, 0.3) is 5.91 Å². The van der Waals surface area contributed by atoms with E-state index < -0.39 is 15.9 Å². The fourth-order valence-corrected chi connectivity index (χ4v) is 3.74. The van der Waals surface area contributed by atoms with Crippen LogP contribution < -0.4 is 5.32 Å². The van der Waals surface area contributed by atoms with Gasteiger partial charge in [0.1, 0.15) is 6.04 Å². The number of hydrogen-bond donors (Lipinski definition) is 1. The van der Waals surface area contributed by atoms with Crippen LogP contribution in [0.4, 0.5) is 0 Å². The molecule has 1 saturated heterocycles. The van der Waals surface area contributed by atoms with Gasteiger partial charge in [0.05, 0.1) is 11.5 Å². The Balaban J connectivity index is 2.01. The van der Waals surface area contributed by atoms with E-state index in [1.807, 2.05) is 19.9 Å². The standard InChI is InChI=1S/C16H22N2O4S/c1-11-5-4-6-14(12(11)2)15(19)17-13(3)16(20)18-7-9-23(21,22)10-8-18/h4-6,13H,7-10H2,1-3H3,(H,17,19). The summed E-state index contributed by atoms with van der Waals surface area (Å²) in [5.41, 5.74) is 2.44. The van der Waals surface area contributed by atoms with Gasteiger partial charge < -0.3 is 10.2 Å². The van der Waals surface area contributed by atoms with E-state index in [1.165, 1.54) is 4.90 Å². The van der Waals surface area contributed by atoms with Crippen molar-refractivity contribution < 1.29 is 18.0 Å². The maximum absolute atomic E-state index is 12.3. The van der Waals surface area contributed by atoms with E-state index in [-0.39, 0.29) is 36.4 Å². The van der Waals surface area contributed by atoms with E-state index in [4.69, 9.17) is 0 Å². The summed E-state index contributed by atoms with van der Waals surface area (Å²) in [6.45, 7) is 5.78. The Labute approximate surface area is 136 Å². The Morgan fingerprint density at radius 1 is 1.17 bits per heavy atom. The van der Waals surface area contributed by atoms with Crippen molar-refractivity contribution in [2.45, 2.75) is 26.8 Å². The molecule has 0 saturated carbocycles. The molecule has 1 aliphatic heterocycles. The van der Waals surface area contributed by atoms with Gasteiger partial charge in [-0.05, 0) is 38.0 Å². The zero-order valence-electron chi connectivity index (χ0n) is 13.6. The summed E-state index contributed by atoms with van der Waals surface area (Å²) < 4.78 is 22.8. The monoisotopic (exact) mass is 338 g/mol. The molecule has 1 atom stereocenters. The molecule has 0 bridgehead atoms. The van der Waals surface area contributed by atoms with Gasteiger partial charge >= 0.3 is 0 Å². The molecule has 7 heteroatoms. The van der Waals surface area contributed by atoms with Crippen LogP contribution in [-0.2, 0) is 14.6 Å². The van der Waals surface area contributed by atoms with Gasteiger partial charge in [-0.2, -0.15) is 0 Å². The van der Waals surface area contributed by atoms with E-state index in [9.17, 15) is 18.0 Å². The molecular formula is C16H22N2O4S. The number of nitrogens with one attached hydrogen (secondary N) is 1. The van der Waals surface area contributed by atoms with Crippen molar-refractivity contribution in [2.24, 2.45) is 0 Å². The van der Waals surface area contributed by atoms with Crippen LogP contribution in [-0.4, -0.2) is 55.8 Å². The summed E-state index contributed by atoms with van der Waals surface area (Å²) in [6, 6.07) is 4.76. The predicted molar refractivity (Wildman–Crippen MR) is 88.1 cm³/mol. The minimum atomic E-state index is -3.03. The van der Waals surface area contributed by atoms with E-state index in [2.05, 4.69) is 5.32 Å². The molecule has 1 aromatic rings. The lowest BCUT2D eigenvalue weighted by molar-refractivity contribution is -0.132. The molecule has 1 aromatic carbocycles. The van der Waals surface area contributed by atoms with E-state index in [0.717, 1.165) is 11.1 Å². The van der Waals surface area contributed by atoms with Crippen LogP contribution >= 0.6 is 0 Å². The van der Waals surface area contributed by atoms with Crippen LogP contribution in [0.15, 0.2) is 18.2 Å². The van der Waals surface area contributed by atoms with E-state index in [1.54, 1.807) is 19.1 Å². The molecule has 126 valence electrons. The largest absolute Gasteiger partial charge is 0.341 e. The van der Waals surface area contributed by atoms with Crippen molar-refractivity contribution >= 4 is 21.7 Å². The second kappa shape index (κ2) is 6.70. The van der Waals surface area contributed by atoms with Gasteiger partial charge in [0, 0.05) is 18.7 Å². The number of benzene rings is 1. The van der Waals surface area contributed by atoms with Crippen molar-refractivity contribution in [2.75, 3.05) is 24.6 Å². The van der Waals surface area contributed by atoms with Crippen LogP contribution in [0.3, 0.4) is 0 Å². The smallest absolute Gasteiger partial charge is 0.252 e. The molecule has 0 spiro atoms. The van der Waals surface area contributed by atoms with Crippen LogP contribution in [0.5, 0.6) is 0 Å². The Hall–Kier alpha value is -1.89. The highest BCUT2D eigenvalue weighted by molar-refractivity contribution is 7.91. The van der Waals surface area contributed by atoms with E-state index in [0.29, 0.717) is 5.56 Å². The highest BCUT2D eigenvalue weighted by atomic mass is 32.2. The van der Waals surface area contributed by atoms with Crippen LogP contribution in [0.1, 0.15) is 28.4 Å². The van der Waals surface area contributed by atoms with Crippen molar-refractivity contribution in [3.8, 4) is 0 Å². The lowest BCUT2D eigenvalue weighted by Crippen LogP contribution is -2.51. The number of sulfone groups is 1. The molecule has 1 aliphatic rings. The molecule has 0 aromatic heterocycles. The summed E-state index contributed by atoms with van der Waals surface area (Å²) >= 11 is 0. The average Bonchev–Trinajstić information content (AvgIpc) is 2.49. The average molecular weight is 338 g/mol. The third-order valence-electron chi connectivity index (χ3n) is 4.22. The molecule has 0 aliphatic carbocycles. The number of aryl methyl sites for hydroxylation is 1. The fraction of sp³-hybridized carbons (Fsp3) is 0.500. The van der Waals surface area contributed by atoms with Crippen molar-refractivity contribution in [3.63, 3.8) is 0 Å². The molecule has 0 radical (unpaired) electrons. The number of hydrogen-bond acceptors (Lipinski definition) is 4. The zero-order valence-corrected chi connectivity index (χ0v) is 14.4. The number of carbonyl (C=O) groups is 2. The SMILES string of the molecule is Cc1cccc(C(=O)NC(C)C(=O)N2CCS(=O)(=O)CC2)c1C. The minimum absolute atomic E-state index is 0.0175. The molecule has 23 heavy (non-hydrogen) atoms. The summed E-state index contributed by atoms with van der Waals surface area (Å²) in [7, 11) is -3.03. The van der Waals surface area contributed by atoms with Crippen LogP contribution in [0, 0.1) is 13.8 Å². The molecule has 1 N–H and O–H groups in total. The molecule has 1 heterocycles. The maximum Gasteiger partial charge on any atom is 0.252 e. The molecule has 2 amide bonds. The zero-order chi connectivity index (χ0) is 17.2. The first-order valence-electron chi connectivity index (χ1n) is 7.57. The Morgan fingerprint density at radius 2 is 1.78 bits per heavy atom. The highest BCUT2D eigenvalue weighted by Crippen LogP contribution is 2.13. The third kappa shape index (κ3) is 4.10. The Kier molecular flexibility index (Phi) is 5.09. The summed E-state index contributed by atoms with van der Waals surface area (Å²) in [5, 5.41) is 2.70. The predicted octanol–water partition coefficient (Wildman–Crippen LogP) is 0.679. The first-order chi connectivity index (χ1) is 10.7. The number of carbonyl (C=O) groups excluding carboxylic acids is 2. The second-order valence-electron chi connectivity index (χ2n) is 5.92. The van der Waals surface area contributed by atoms with Gasteiger partial charge in [-0.15, -0.1) is 0 Å². The fourth-order valence-electron chi connectivity index (χ4n) is 2.54. The number of nitrogens with zero attached hydrogens (tertiary/aromatic N) is 1. The van der Waals surface area contributed by atoms with Gasteiger partial charge in [0.15, 0.2) is 9.84 Å². The quantitative estimate of drug-likeness (QED) is 0.878. The van der Waals surface area contributed by atoms with Crippen molar-refractivity contribution in [3.05, 3.63) is 34.9 Å². The van der Waals surface area contributed by atoms with Crippen molar-refractivity contribution in [1.82, 2.24) is 10.2 Å². The molecule has 1 unspecified atom stereocenters. The molecule has 6 nitrogen and oxygen atoms in total. The third-order valence-corrected chi connectivity index (χ3v) is 5.83.